The molecule has 22 heavy (non-hydrogen) atoms. The van der Waals surface area contributed by atoms with Crippen LogP contribution < -0.4 is 10.5 Å². The van der Waals surface area contributed by atoms with E-state index in [-0.39, 0.29) is 5.92 Å². The van der Waals surface area contributed by atoms with Crippen LogP contribution in [0.4, 0.5) is 0 Å². The molecule has 1 aliphatic rings. The lowest BCUT2D eigenvalue weighted by molar-refractivity contribution is -0.129. The molecule has 1 aromatic rings. The summed E-state index contributed by atoms with van der Waals surface area (Å²) in [5.74, 6) is 0.00201. The highest BCUT2D eigenvalue weighted by atomic mass is 16.5. The Balaban J connectivity index is 1.96. The first-order valence-electron chi connectivity index (χ1n) is 7.32. The Bertz CT molecular complexity index is 574. The number of nitriles is 1. The van der Waals surface area contributed by atoms with Crippen LogP contribution in [0.25, 0.3) is 0 Å². The fraction of sp³-hybridized carbons (Fsp3) is 0.500. The molecule has 1 aromatic carbocycles. The van der Waals surface area contributed by atoms with Crippen LogP contribution >= 0.6 is 0 Å². The summed E-state index contributed by atoms with van der Waals surface area (Å²) in [4.78, 5) is 13.3. The molecular weight excluding hydrogens is 282 g/mol. The topological polar surface area (TPSA) is 99.6 Å². The van der Waals surface area contributed by atoms with E-state index in [1.807, 2.05) is 6.07 Å². The summed E-state index contributed by atoms with van der Waals surface area (Å²) in [5.41, 5.74) is 6.74. The molecule has 0 spiro atoms. The minimum Gasteiger partial charge on any atom is -0.496 e. The molecule has 2 rings (SSSR count). The number of nitrogens with zero attached hydrogens (tertiary/aromatic N) is 2. The van der Waals surface area contributed by atoms with Crippen molar-refractivity contribution < 1.29 is 14.6 Å². The fourth-order valence-corrected chi connectivity index (χ4v) is 2.84. The van der Waals surface area contributed by atoms with E-state index in [9.17, 15) is 9.90 Å². The summed E-state index contributed by atoms with van der Waals surface area (Å²) in [6.45, 7) is 2.30. The number of methoxy groups -OCH3 is 1. The summed E-state index contributed by atoms with van der Waals surface area (Å²) < 4.78 is 5.34. The third-order valence-electron chi connectivity index (χ3n) is 4.18. The van der Waals surface area contributed by atoms with Crippen LogP contribution in [0.2, 0.25) is 0 Å². The Morgan fingerprint density at radius 1 is 1.55 bits per heavy atom. The van der Waals surface area contributed by atoms with E-state index >= 15 is 0 Å². The number of carbonyl (C=O) groups is 1. The Morgan fingerprint density at radius 3 is 2.77 bits per heavy atom. The predicted molar refractivity (Wildman–Crippen MR) is 80.9 cm³/mol. The Hall–Kier alpha value is -2.10. The Kier molecular flexibility index (Phi) is 5.36. The highest BCUT2D eigenvalue weighted by Crippen LogP contribution is 2.26. The lowest BCUT2D eigenvalue weighted by Crippen LogP contribution is -2.42. The highest BCUT2D eigenvalue weighted by Gasteiger charge is 2.28. The van der Waals surface area contributed by atoms with Crippen LogP contribution in [0.5, 0.6) is 5.75 Å². The van der Waals surface area contributed by atoms with E-state index < -0.39 is 12.0 Å². The molecule has 1 fully saturated rings. The van der Waals surface area contributed by atoms with Gasteiger partial charge >= 0.3 is 0 Å². The molecule has 1 heterocycles. The first-order valence-corrected chi connectivity index (χ1v) is 7.32. The van der Waals surface area contributed by atoms with Gasteiger partial charge < -0.3 is 15.6 Å². The Morgan fingerprint density at radius 2 is 2.23 bits per heavy atom. The smallest absolute Gasteiger partial charge is 0.246 e. The van der Waals surface area contributed by atoms with Gasteiger partial charge in [0.05, 0.1) is 18.7 Å². The molecule has 118 valence electrons. The number of aliphatic hydroxyl groups excluding tert-OH is 1. The minimum atomic E-state index is -1.05. The van der Waals surface area contributed by atoms with Gasteiger partial charge in [0.25, 0.3) is 0 Å². The van der Waals surface area contributed by atoms with E-state index in [1.165, 1.54) is 0 Å². The second kappa shape index (κ2) is 7.25. The second-order valence-electron chi connectivity index (χ2n) is 5.60. The average molecular weight is 303 g/mol. The number of ether oxygens (including phenoxy) is 1. The monoisotopic (exact) mass is 303 g/mol. The molecule has 1 amide bonds. The summed E-state index contributed by atoms with van der Waals surface area (Å²) in [5, 5.41) is 18.6. The number of amides is 1. The lowest BCUT2D eigenvalue weighted by atomic mass is 9.90. The zero-order valence-electron chi connectivity index (χ0n) is 12.7. The summed E-state index contributed by atoms with van der Waals surface area (Å²) in [7, 11) is 1.59. The lowest BCUT2D eigenvalue weighted by Gasteiger charge is -2.33. The largest absolute Gasteiger partial charge is 0.496 e. The minimum absolute atomic E-state index is 0.0587. The van der Waals surface area contributed by atoms with Crippen molar-refractivity contribution in [3.05, 3.63) is 29.3 Å². The summed E-state index contributed by atoms with van der Waals surface area (Å²) >= 11 is 0. The zero-order valence-corrected chi connectivity index (χ0v) is 12.7. The maximum Gasteiger partial charge on any atom is 0.246 e. The third-order valence-corrected chi connectivity index (χ3v) is 4.18. The van der Waals surface area contributed by atoms with Gasteiger partial charge in [0, 0.05) is 12.1 Å². The second-order valence-corrected chi connectivity index (χ2v) is 5.60. The first kappa shape index (κ1) is 16.3. The van der Waals surface area contributed by atoms with E-state index in [2.05, 4.69) is 11.0 Å². The molecular formula is C16H21N3O3. The zero-order chi connectivity index (χ0) is 16.1. The first-order chi connectivity index (χ1) is 10.5. The molecule has 1 saturated heterocycles. The highest BCUT2D eigenvalue weighted by molar-refractivity contribution is 5.78. The molecule has 0 aliphatic carbocycles. The molecule has 0 bridgehead atoms. The maximum absolute atomic E-state index is 11.0. The van der Waals surface area contributed by atoms with Gasteiger partial charge in [-0.3, -0.25) is 9.69 Å². The number of piperidine rings is 1. The number of rotatable bonds is 5. The maximum atomic E-state index is 11.0. The van der Waals surface area contributed by atoms with Crippen molar-refractivity contribution in [2.24, 2.45) is 11.7 Å². The van der Waals surface area contributed by atoms with Gasteiger partial charge in [-0.05, 0) is 44.0 Å². The molecule has 1 atom stereocenters. The molecule has 0 unspecified atom stereocenters. The number of carbonyl (C=O) groups excluding carboxylic acids is 1. The SMILES string of the molecule is COc1cc(C#N)ccc1CN1CCC([C@H](O)C(N)=O)CC1. The number of benzene rings is 1. The standard InChI is InChI=1S/C16H21N3O3/c1-22-14-8-11(9-17)2-3-13(14)10-19-6-4-12(5-7-19)15(20)16(18)21/h2-3,8,12,15,20H,4-7,10H2,1H3,(H2,18,21)/t15-/m0/s1. The number of nitrogens with two attached hydrogens (primary N) is 1. The van der Waals surface area contributed by atoms with Gasteiger partial charge in [0.15, 0.2) is 0 Å². The van der Waals surface area contributed by atoms with E-state index in [1.54, 1.807) is 19.2 Å². The van der Waals surface area contributed by atoms with Crippen molar-refractivity contribution in [2.45, 2.75) is 25.5 Å². The van der Waals surface area contributed by atoms with Crippen molar-refractivity contribution in [3.8, 4) is 11.8 Å². The van der Waals surface area contributed by atoms with Gasteiger partial charge in [-0.15, -0.1) is 0 Å². The van der Waals surface area contributed by atoms with Gasteiger partial charge in [0.1, 0.15) is 11.9 Å². The van der Waals surface area contributed by atoms with Gasteiger partial charge in [-0.25, -0.2) is 0 Å². The molecule has 3 N–H and O–H groups in total. The predicted octanol–water partition coefficient (Wildman–Crippen LogP) is 0.625. The van der Waals surface area contributed by atoms with Crippen molar-refractivity contribution >= 4 is 5.91 Å². The third kappa shape index (κ3) is 3.75. The van der Waals surface area contributed by atoms with Gasteiger partial charge in [-0.1, -0.05) is 6.07 Å². The van der Waals surface area contributed by atoms with Crippen molar-refractivity contribution in [1.29, 1.82) is 5.26 Å². The van der Waals surface area contributed by atoms with Crippen LogP contribution in [0.3, 0.4) is 0 Å². The molecule has 0 radical (unpaired) electrons. The van der Waals surface area contributed by atoms with Crippen LogP contribution in [-0.4, -0.2) is 42.2 Å². The van der Waals surface area contributed by atoms with Gasteiger partial charge in [-0.2, -0.15) is 5.26 Å². The van der Waals surface area contributed by atoms with E-state index in [0.717, 1.165) is 31.5 Å². The van der Waals surface area contributed by atoms with Crippen molar-refractivity contribution in [2.75, 3.05) is 20.2 Å². The van der Waals surface area contributed by atoms with Crippen molar-refractivity contribution in [1.82, 2.24) is 4.90 Å². The van der Waals surface area contributed by atoms with Crippen LogP contribution in [0, 0.1) is 17.2 Å². The number of primary amides is 1. The summed E-state index contributed by atoms with van der Waals surface area (Å²) in [6.07, 6.45) is 0.428. The van der Waals surface area contributed by atoms with Crippen LogP contribution in [-0.2, 0) is 11.3 Å². The van der Waals surface area contributed by atoms with Gasteiger partial charge in [0.2, 0.25) is 5.91 Å². The number of hydrogen-bond acceptors (Lipinski definition) is 5. The molecule has 6 nitrogen and oxygen atoms in total. The Labute approximate surface area is 130 Å². The van der Waals surface area contributed by atoms with Crippen LogP contribution in [0.1, 0.15) is 24.0 Å². The van der Waals surface area contributed by atoms with Crippen LogP contribution in [0.15, 0.2) is 18.2 Å². The van der Waals surface area contributed by atoms with E-state index in [4.69, 9.17) is 15.7 Å². The molecule has 0 aromatic heterocycles. The number of likely N-dealkylation sites (tertiary alicyclic amines) is 1. The fourth-order valence-electron chi connectivity index (χ4n) is 2.84. The molecule has 1 aliphatic heterocycles. The average Bonchev–Trinajstić information content (AvgIpc) is 2.55. The van der Waals surface area contributed by atoms with E-state index in [0.29, 0.717) is 17.9 Å². The number of hydrogen-bond donors (Lipinski definition) is 2. The molecule has 0 saturated carbocycles. The molecule has 6 heteroatoms. The van der Waals surface area contributed by atoms with Crippen molar-refractivity contribution in [3.63, 3.8) is 0 Å². The summed E-state index contributed by atoms with van der Waals surface area (Å²) in [6, 6.07) is 7.51. The number of aliphatic hydroxyl groups is 1. The quantitative estimate of drug-likeness (QED) is 0.831. The normalized spacial score (nSPS) is 17.7.